The van der Waals surface area contributed by atoms with Gasteiger partial charge in [-0.25, -0.2) is 14.1 Å². The summed E-state index contributed by atoms with van der Waals surface area (Å²) >= 11 is 0. The van der Waals surface area contributed by atoms with E-state index in [2.05, 4.69) is 10.1 Å². The molecule has 4 nitrogen and oxygen atoms in total. The number of hydrogen-bond donors (Lipinski definition) is 1. The van der Waals surface area contributed by atoms with Gasteiger partial charge in [-0.05, 0) is 31.0 Å². The Bertz CT molecular complexity index is 599. The van der Waals surface area contributed by atoms with Gasteiger partial charge < -0.3 is 5.73 Å². The van der Waals surface area contributed by atoms with Gasteiger partial charge >= 0.3 is 0 Å². The monoisotopic (exact) mass is 260 g/mol. The molecule has 0 radical (unpaired) electrons. The molecule has 2 aromatic rings. The van der Waals surface area contributed by atoms with Crippen LogP contribution >= 0.6 is 0 Å². The van der Waals surface area contributed by atoms with Crippen LogP contribution in [0.2, 0.25) is 0 Å². The summed E-state index contributed by atoms with van der Waals surface area (Å²) in [5, 5.41) is 4.49. The highest BCUT2D eigenvalue weighted by Gasteiger charge is 2.23. The normalized spacial score (nSPS) is 16.1. The molecule has 0 unspecified atom stereocenters. The first-order chi connectivity index (χ1) is 9.15. The Balaban J connectivity index is 2.00. The largest absolute Gasteiger partial charge is 0.398 e. The van der Waals surface area contributed by atoms with Crippen molar-refractivity contribution < 1.29 is 4.39 Å². The molecular formula is C14H17FN4. The zero-order valence-corrected chi connectivity index (χ0v) is 10.9. The summed E-state index contributed by atoms with van der Waals surface area (Å²) in [5.74, 6) is 1.72. The number of aryl methyl sites for hydroxylation is 1. The molecule has 1 heterocycles. The average molecular weight is 260 g/mol. The minimum atomic E-state index is -0.334. The van der Waals surface area contributed by atoms with Crippen LogP contribution in [-0.4, -0.2) is 14.8 Å². The molecule has 1 aliphatic rings. The lowest BCUT2D eigenvalue weighted by molar-refractivity contribution is 0.628. The zero-order valence-electron chi connectivity index (χ0n) is 10.9. The molecule has 0 spiro atoms. The van der Waals surface area contributed by atoms with Crippen LogP contribution in [0.5, 0.6) is 0 Å². The van der Waals surface area contributed by atoms with E-state index in [1.807, 2.05) is 7.05 Å². The third kappa shape index (κ3) is 2.20. The quantitative estimate of drug-likeness (QED) is 0.845. The van der Waals surface area contributed by atoms with Gasteiger partial charge in [-0.2, -0.15) is 5.10 Å². The second-order valence-electron chi connectivity index (χ2n) is 5.13. The van der Waals surface area contributed by atoms with Crippen LogP contribution in [0, 0.1) is 5.82 Å². The number of anilines is 1. The molecular weight excluding hydrogens is 243 g/mol. The summed E-state index contributed by atoms with van der Waals surface area (Å²) in [6.45, 7) is 0. The van der Waals surface area contributed by atoms with Gasteiger partial charge in [0.2, 0.25) is 0 Å². The summed E-state index contributed by atoms with van der Waals surface area (Å²) in [7, 11) is 1.85. The minimum Gasteiger partial charge on any atom is -0.398 e. The van der Waals surface area contributed by atoms with Crippen LogP contribution in [0.15, 0.2) is 18.2 Å². The maximum absolute atomic E-state index is 13.1. The summed E-state index contributed by atoms with van der Waals surface area (Å²) < 4.78 is 14.8. The fourth-order valence-electron chi connectivity index (χ4n) is 2.73. The van der Waals surface area contributed by atoms with Crippen molar-refractivity contribution in [2.75, 3.05) is 5.73 Å². The second-order valence-corrected chi connectivity index (χ2v) is 5.13. The Morgan fingerprint density at radius 1 is 1.32 bits per heavy atom. The van der Waals surface area contributed by atoms with E-state index in [1.165, 1.54) is 25.0 Å². The highest BCUT2D eigenvalue weighted by molar-refractivity contribution is 5.71. The predicted molar refractivity (Wildman–Crippen MR) is 72.0 cm³/mol. The minimum absolute atomic E-state index is 0.334. The number of aromatic nitrogens is 3. The molecule has 1 aliphatic carbocycles. The predicted octanol–water partition coefficient (Wildman–Crippen LogP) is 2.86. The Labute approximate surface area is 111 Å². The molecule has 19 heavy (non-hydrogen) atoms. The van der Waals surface area contributed by atoms with Gasteiger partial charge in [0.05, 0.1) is 0 Å². The number of nitrogen functional groups attached to an aromatic ring is 1. The van der Waals surface area contributed by atoms with E-state index in [1.54, 1.807) is 10.7 Å². The van der Waals surface area contributed by atoms with Crippen LogP contribution in [0.1, 0.15) is 37.4 Å². The van der Waals surface area contributed by atoms with Gasteiger partial charge in [0.25, 0.3) is 0 Å². The van der Waals surface area contributed by atoms with Crippen LogP contribution < -0.4 is 5.73 Å². The number of hydrogen-bond acceptors (Lipinski definition) is 3. The lowest BCUT2D eigenvalue weighted by Gasteiger charge is -2.04. The average Bonchev–Trinajstić information content (AvgIpc) is 2.98. The molecule has 0 atom stereocenters. The van der Waals surface area contributed by atoms with E-state index >= 15 is 0 Å². The fraction of sp³-hybridized carbons (Fsp3) is 0.429. The maximum Gasteiger partial charge on any atom is 0.160 e. The number of halogens is 1. The van der Waals surface area contributed by atoms with Crippen LogP contribution in [-0.2, 0) is 7.05 Å². The summed E-state index contributed by atoms with van der Waals surface area (Å²) in [6.07, 6.45) is 4.80. The van der Waals surface area contributed by atoms with E-state index in [0.717, 1.165) is 24.2 Å². The highest BCUT2D eigenvalue weighted by atomic mass is 19.1. The van der Waals surface area contributed by atoms with Crippen molar-refractivity contribution in [3.05, 3.63) is 29.8 Å². The number of benzene rings is 1. The Kier molecular flexibility index (Phi) is 2.97. The molecule has 0 amide bonds. The van der Waals surface area contributed by atoms with Crippen LogP contribution in [0.25, 0.3) is 11.4 Å². The Morgan fingerprint density at radius 2 is 2.05 bits per heavy atom. The summed E-state index contributed by atoms with van der Waals surface area (Å²) in [6, 6.07) is 4.38. The van der Waals surface area contributed by atoms with Crippen molar-refractivity contribution >= 4 is 5.69 Å². The van der Waals surface area contributed by atoms with Gasteiger partial charge in [0, 0.05) is 24.2 Å². The molecule has 0 bridgehead atoms. The number of nitrogens with two attached hydrogens (primary N) is 1. The lowest BCUT2D eigenvalue weighted by atomic mass is 10.1. The molecule has 5 heteroatoms. The molecule has 1 aromatic heterocycles. The topological polar surface area (TPSA) is 56.7 Å². The molecule has 0 aliphatic heterocycles. The van der Waals surface area contributed by atoms with Crippen molar-refractivity contribution in [2.24, 2.45) is 7.05 Å². The first kappa shape index (κ1) is 12.1. The molecule has 1 aromatic carbocycles. The zero-order chi connectivity index (χ0) is 13.4. The van der Waals surface area contributed by atoms with Crippen molar-refractivity contribution in [2.45, 2.75) is 31.6 Å². The SMILES string of the molecule is Cn1nc(C2CCCC2)nc1-c1ccc(F)cc1N. The van der Waals surface area contributed by atoms with E-state index in [9.17, 15) is 4.39 Å². The summed E-state index contributed by atoms with van der Waals surface area (Å²) in [4.78, 5) is 4.60. The molecule has 3 rings (SSSR count). The number of rotatable bonds is 2. The van der Waals surface area contributed by atoms with Gasteiger partial charge in [0.15, 0.2) is 11.6 Å². The van der Waals surface area contributed by atoms with Crippen molar-refractivity contribution in [3.8, 4) is 11.4 Å². The third-order valence-corrected chi connectivity index (χ3v) is 3.75. The molecule has 100 valence electrons. The fourth-order valence-corrected chi connectivity index (χ4v) is 2.73. The summed E-state index contributed by atoms with van der Waals surface area (Å²) in [5.41, 5.74) is 7.00. The Morgan fingerprint density at radius 3 is 2.74 bits per heavy atom. The van der Waals surface area contributed by atoms with E-state index in [4.69, 9.17) is 5.73 Å². The van der Waals surface area contributed by atoms with Crippen molar-refractivity contribution in [1.29, 1.82) is 0 Å². The standard InChI is InChI=1S/C14H17FN4/c1-19-14(11-7-6-10(15)8-12(11)16)17-13(18-19)9-4-2-3-5-9/h6-9H,2-5,16H2,1H3. The van der Waals surface area contributed by atoms with Gasteiger partial charge in [-0.3, -0.25) is 0 Å². The van der Waals surface area contributed by atoms with Gasteiger partial charge in [-0.1, -0.05) is 12.8 Å². The van der Waals surface area contributed by atoms with Crippen molar-refractivity contribution in [3.63, 3.8) is 0 Å². The number of nitrogens with zero attached hydrogens (tertiary/aromatic N) is 3. The van der Waals surface area contributed by atoms with Gasteiger partial charge in [0.1, 0.15) is 5.82 Å². The maximum atomic E-state index is 13.1. The Hall–Kier alpha value is -1.91. The second kappa shape index (κ2) is 4.64. The molecule has 0 saturated heterocycles. The van der Waals surface area contributed by atoms with Gasteiger partial charge in [-0.15, -0.1) is 0 Å². The van der Waals surface area contributed by atoms with Crippen LogP contribution in [0.3, 0.4) is 0 Å². The van der Waals surface area contributed by atoms with E-state index in [-0.39, 0.29) is 5.82 Å². The molecule has 2 N–H and O–H groups in total. The third-order valence-electron chi connectivity index (χ3n) is 3.75. The molecule has 1 saturated carbocycles. The lowest BCUT2D eigenvalue weighted by Crippen LogP contribution is -1.98. The molecule has 1 fully saturated rings. The van der Waals surface area contributed by atoms with Crippen LogP contribution in [0.4, 0.5) is 10.1 Å². The first-order valence-electron chi connectivity index (χ1n) is 6.61. The van der Waals surface area contributed by atoms with E-state index < -0.39 is 0 Å². The van der Waals surface area contributed by atoms with E-state index in [0.29, 0.717) is 17.4 Å². The smallest absolute Gasteiger partial charge is 0.160 e. The first-order valence-corrected chi connectivity index (χ1v) is 6.61. The highest BCUT2D eigenvalue weighted by Crippen LogP contribution is 2.34. The van der Waals surface area contributed by atoms with Crippen molar-refractivity contribution in [1.82, 2.24) is 14.8 Å².